The molecule has 0 saturated heterocycles. The van der Waals surface area contributed by atoms with Gasteiger partial charge in [0.25, 0.3) is 0 Å². The molecule has 2 nitrogen and oxygen atoms in total. The molecule has 0 fully saturated rings. The van der Waals surface area contributed by atoms with Crippen LogP contribution in [0.5, 0.6) is 0 Å². The van der Waals surface area contributed by atoms with Crippen LogP contribution in [0, 0.1) is 0 Å². The van der Waals surface area contributed by atoms with Gasteiger partial charge in [-0.05, 0) is 30.5 Å². The number of hydrazine groups is 1. The fraction of sp³-hybridized carbons (Fsp3) is 0.455. The van der Waals surface area contributed by atoms with E-state index in [4.69, 9.17) is 29.0 Å². The van der Waals surface area contributed by atoms with E-state index in [1.807, 2.05) is 0 Å². The SMILES string of the molecule is NNC(CCC(F)(F)F)Cc1ccc(Cl)c(Cl)c1. The van der Waals surface area contributed by atoms with E-state index in [1.165, 1.54) is 0 Å². The number of alkyl halides is 3. The van der Waals surface area contributed by atoms with Crippen LogP contribution in [0.2, 0.25) is 10.0 Å². The monoisotopic (exact) mass is 300 g/mol. The summed E-state index contributed by atoms with van der Waals surface area (Å²) in [6.45, 7) is 0. The average Bonchev–Trinajstić information content (AvgIpc) is 2.28. The summed E-state index contributed by atoms with van der Waals surface area (Å²) in [6.07, 6.45) is -4.76. The Kier molecular flexibility index (Phi) is 5.72. The number of hydrogen-bond acceptors (Lipinski definition) is 2. The van der Waals surface area contributed by atoms with Crippen molar-refractivity contribution in [2.24, 2.45) is 5.84 Å². The third kappa shape index (κ3) is 5.44. The quantitative estimate of drug-likeness (QED) is 0.642. The van der Waals surface area contributed by atoms with Crippen molar-refractivity contribution in [2.45, 2.75) is 31.5 Å². The second-order valence-electron chi connectivity index (χ2n) is 3.97. The molecule has 0 aliphatic rings. The second-order valence-corrected chi connectivity index (χ2v) is 4.78. The largest absolute Gasteiger partial charge is 0.389 e. The van der Waals surface area contributed by atoms with Crippen molar-refractivity contribution < 1.29 is 13.2 Å². The lowest BCUT2D eigenvalue weighted by molar-refractivity contribution is -0.136. The maximum Gasteiger partial charge on any atom is 0.389 e. The number of halogens is 5. The minimum Gasteiger partial charge on any atom is -0.271 e. The van der Waals surface area contributed by atoms with Crippen LogP contribution in [-0.4, -0.2) is 12.2 Å². The summed E-state index contributed by atoms with van der Waals surface area (Å²) in [5.74, 6) is 5.24. The highest BCUT2D eigenvalue weighted by Gasteiger charge is 2.28. The molecule has 3 N–H and O–H groups in total. The molecule has 0 heterocycles. The van der Waals surface area contributed by atoms with Crippen LogP contribution in [-0.2, 0) is 6.42 Å². The zero-order valence-electron chi connectivity index (χ0n) is 9.40. The first-order valence-corrected chi connectivity index (χ1v) is 6.04. The van der Waals surface area contributed by atoms with Gasteiger partial charge in [-0.1, -0.05) is 29.3 Å². The van der Waals surface area contributed by atoms with Gasteiger partial charge in [0.05, 0.1) is 10.0 Å². The molecule has 0 amide bonds. The third-order valence-corrected chi connectivity index (χ3v) is 3.22. The van der Waals surface area contributed by atoms with E-state index in [9.17, 15) is 13.2 Å². The van der Waals surface area contributed by atoms with Crippen LogP contribution < -0.4 is 11.3 Å². The van der Waals surface area contributed by atoms with Gasteiger partial charge < -0.3 is 0 Å². The Morgan fingerprint density at radius 3 is 2.39 bits per heavy atom. The van der Waals surface area contributed by atoms with Gasteiger partial charge in [0.1, 0.15) is 0 Å². The molecule has 0 spiro atoms. The summed E-state index contributed by atoms with van der Waals surface area (Å²) in [5.41, 5.74) is 3.17. The van der Waals surface area contributed by atoms with Gasteiger partial charge in [0.15, 0.2) is 0 Å². The molecule has 0 radical (unpaired) electrons. The van der Waals surface area contributed by atoms with Gasteiger partial charge in [-0.3, -0.25) is 11.3 Å². The third-order valence-electron chi connectivity index (χ3n) is 2.48. The van der Waals surface area contributed by atoms with Gasteiger partial charge in [-0.2, -0.15) is 13.2 Å². The summed E-state index contributed by atoms with van der Waals surface area (Å²) in [6, 6.07) is 4.49. The van der Waals surface area contributed by atoms with E-state index in [-0.39, 0.29) is 6.42 Å². The highest BCUT2D eigenvalue weighted by Crippen LogP contribution is 2.25. The van der Waals surface area contributed by atoms with E-state index in [0.29, 0.717) is 16.5 Å². The molecule has 102 valence electrons. The van der Waals surface area contributed by atoms with Crippen molar-refractivity contribution in [3.63, 3.8) is 0 Å². The minimum absolute atomic E-state index is 0.0831. The van der Waals surface area contributed by atoms with E-state index in [1.54, 1.807) is 18.2 Å². The lowest BCUT2D eigenvalue weighted by Crippen LogP contribution is -2.37. The van der Waals surface area contributed by atoms with E-state index >= 15 is 0 Å². The molecule has 1 unspecified atom stereocenters. The lowest BCUT2D eigenvalue weighted by Gasteiger charge is -2.17. The van der Waals surface area contributed by atoms with Crippen LogP contribution >= 0.6 is 23.2 Å². The highest BCUT2D eigenvalue weighted by molar-refractivity contribution is 6.42. The van der Waals surface area contributed by atoms with Crippen LogP contribution in [0.3, 0.4) is 0 Å². The number of hydrogen-bond donors (Lipinski definition) is 2. The van der Waals surface area contributed by atoms with Crippen molar-refractivity contribution >= 4 is 23.2 Å². The average molecular weight is 301 g/mol. The fourth-order valence-electron chi connectivity index (χ4n) is 1.53. The minimum atomic E-state index is -4.17. The predicted molar refractivity (Wildman–Crippen MR) is 66.6 cm³/mol. The first-order chi connectivity index (χ1) is 8.31. The van der Waals surface area contributed by atoms with Crippen LogP contribution in [0.4, 0.5) is 13.2 Å². The van der Waals surface area contributed by atoms with Crippen molar-refractivity contribution in [1.82, 2.24) is 5.43 Å². The Balaban J connectivity index is 2.59. The summed E-state index contributed by atoms with van der Waals surface area (Å²) >= 11 is 11.6. The van der Waals surface area contributed by atoms with Gasteiger partial charge in [-0.15, -0.1) is 0 Å². The Morgan fingerprint density at radius 2 is 1.89 bits per heavy atom. The molecule has 1 aromatic carbocycles. The first-order valence-electron chi connectivity index (χ1n) is 5.28. The molecule has 0 saturated carbocycles. The molecule has 0 aromatic heterocycles. The molecular formula is C11H13Cl2F3N2. The predicted octanol–water partition coefficient (Wildman–Crippen LogP) is 3.71. The van der Waals surface area contributed by atoms with Crippen molar-refractivity contribution in [1.29, 1.82) is 0 Å². The molecule has 1 aromatic rings. The lowest BCUT2D eigenvalue weighted by atomic mass is 10.0. The van der Waals surface area contributed by atoms with Gasteiger partial charge >= 0.3 is 6.18 Å². The van der Waals surface area contributed by atoms with Crippen molar-refractivity contribution in [2.75, 3.05) is 0 Å². The standard InChI is InChI=1S/C11H13Cl2F3N2/c12-9-2-1-7(6-10(9)13)5-8(18-17)3-4-11(14,15)16/h1-2,6,8,18H,3-5,17H2. The summed E-state index contributed by atoms with van der Waals surface area (Å²) in [4.78, 5) is 0. The Hall–Kier alpha value is -0.490. The summed E-state index contributed by atoms with van der Waals surface area (Å²) in [7, 11) is 0. The molecule has 0 bridgehead atoms. The topological polar surface area (TPSA) is 38.0 Å². The Labute approximate surface area is 113 Å². The molecule has 7 heteroatoms. The molecule has 1 atom stereocenters. The maximum absolute atomic E-state index is 12.1. The first kappa shape index (κ1) is 15.6. The highest BCUT2D eigenvalue weighted by atomic mass is 35.5. The molecule has 0 aliphatic heterocycles. The van der Waals surface area contributed by atoms with Gasteiger partial charge in [0.2, 0.25) is 0 Å². The van der Waals surface area contributed by atoms with Crippen LogP contribution in [0.15, 0.2) is 18.2 Å². The number of benzene rings is 1. The number of rotatable bonds is 5. The van der Waals surface area contributed by atoms with E-state index in [2.05, 4.69) is 5.43 Å². The molecular weight excluding hydrogens is 288 g/mol. The summed E-state index contributed by atoms with van der Waals surface area (Å²) < 4.78 is 36.3. The zero-order valence-corrected chi connectivity index (χ0v) is 10.9. The van der Waals surface area contributed by atoms with Gasteiger partial charge in [-0.25, -0.2) is 0 Å². The fourth-order valence-corrected chi connectivity index (χ4v) is 1.85. The van der Waals surface area contributed by atoms with E-state index in [0.717, 1.165) is 5.56 Å². The molecule has 18 heavy (non-hydrogen) atoms. The molecule has 1 rings (SSSR count). The number of nitrogens with two attached hydrogens (primary N) is 1. The Bertz CT molecular complexity index is 396. The second kappa shape index (κ2) is 6.61. The normalized spacial score (nSPS) is 13.7. The Morgan fingerprint density at radius 1 is 1.22 bits per heavy atom. The molecule has 0 aliphatic carbocycles. The van der Waals surface area contributed by atoms with Crippen LogP contribution in [0.1, 0.15) is 18.4 Å². The van der Waals surface area contributed by atoms with Gasteiger partial charge in [0, 0.05) is 12.5 Å². The van der Waals surface area contributed by atoms with E-state index < -0.39 is 18.6 Å². The summed E-state index contributed by atoms with van der Waals surface area (Å²) in [5, 5.41) is 0.786. The zero-order chi connectivity index (χ0) is 13.8. The smallest absolute Gasteiger partial charge is 0.271 e. The van der Waals surface area contributed by atoms with Crippen molar-refractivity contribution in [3.05, 3.63) is 33.8 Å². The van der Waals surface area contributed by atoms with Crippen LogP contribution in [0.25, 0.3) is 0 Å². The maximum atomic E-state index is 12.1. The van der Waals surface area contributed by atoms with Crippen molar-refractivity contribution in [3.8, 4) is 0 Å². The number of nitrogens with one attached hydrogen (secondary N) is 1.